The maximum atomic E-state index is 13.4. The maximum absolute atomic E-state index is 13.4. The van der Waals surface area contributed by atoms with Crippen molar-refractivity contribution >= 4 is 11.6 Å². The number of piperazine rings is 1. The molecule has 8 heteroatoms. The molecule has 1 aliphatic heterocycles. The number of anilines is 2. The standard InChI is InChI=1S/C21H18F4N4/c22-16-8-6-15(7-9-16)18-14-19(21(23,24)25)27-20(26-18)29-12-10-28(11-13-29)17-4-2-1-3-5-17/h1-9,14H,10-13H2. The number of hydrogen-bond donors (Lipinski definition) is 0. The van der Waals surface area contributed by atoms with E-state index in [9.17, 15) is 17.6 Å². The van der Waals surface area contributed by atoms with E-state index < -0.39 is 17.7 Å². The highest BCUT2D eigenvalue weighted by Crippen LogP contribution is 2.32. The van der Waals surface area contributed by atoms with Crippen LogP contribution in [0.5, 0.6) is 0 Å². The van der Waals surface area contributed by atoms with Gasteiger partial charge < -0.3 is 9.80 Å². The second kappa shape index (κ2) is 7.69. The number of alkyl halides is 3. The molecular weight excluding hydrogens is 384 g/mol. The van der Waals surface area contributed by atoms with Gasteiger partial charge in [-0.05, 0) is 42.5 Å². The zero-order chi connectivity index (χ0) is 20.4. The molecule has 4 nitrogen and oxygen atoms in total. The van der Waals surface area contributed by atoms with Crippen LogP contribution in [0, 0.1) is 5.82 Å². The van der Waals surface area contributed by atoms with Crippen molar-refractivity contribution in [3.05, 3.63) is 72.2 Å². The largest absolute Gasteiger partial charge is 0.433 e. The van der Waals surface area contributed by atoms with Gasteiger partial charge in [0.2, 0.25) is 5.95 Å². The predicted octanol–water partition coefficient (Wildman–Crippen LogP) is 4.63. The Bertz CT molecular complexity index is 966. The molecular formula is C21H18F4N4. The minimum Gasteiger partial charge on any atom is -0.368 e. The third-order valence-corrected chi connectivity index (χ3v) is 4.83. The first-order valence-corrected chi connectivity index (χ1v) is 9.17. The highest BCUT2D eigenvalue weighted by Gasteiger charge is 2.34. The van der Waals surface area contributed by atoms with Crippen LogP contribution in [0.2, 0.25) is 0 Å². The SMILES string of the molecule is Fc1ccc(-c2cc(C(F)(F)F)nc(N3CCN(c4ccccc4)CC3)n2)cc1. The fraction of sp³-hybridized carbons (Fsp3) is 0.238. The molecule has 2 heterocycles. The van der Waals surface area contributed by atoms with Crippen LogP contribution < -0.4 is 9.80 Å². The van der Waals surface area contributed by atoms with Crippen LogP contribution in [0.4, 0.5) is 29.2 Å². The Morgan fingerprint density at radius 2 is 1.38 bits per heavy atom. The van der Waals surface area contributed by atoms with Crippen molar-refractivity contribution in [3.63, 3.8) is 0 Å². The zero-order valence-electron chi connectivity index (χ0n) is 15.4. The van der Waals surface area contributed by atoms with Crippen LogP contribution in [0.15, 0.2) is 60.7 Å². The third kappa shape index (κ3) is 4.31. The molecule has 0 bridgehead atoms. The maximum Gasteiger partial charge on any atom is 0.433 e. The van der Waals surface area contributed by atoms with Gasteiger partial charge in [0.05, 0.1) is 5.69 Å². The van der Waals surface area contributed by atoms with Gasteiger partial charge >= 0.3 is 6.18 Å². The Morgan fingerprint density at radius 1 is 0.759 bits per heavy atom. The lowest BCUT2D eigenvalue weighted by Gasteiger charge is -2.36. The van der Waals surface area contributed by atoms with Crippen LogP contribution in [0.1, 0.15) is 5.69 Å². The van der Waals surface area contributed by atoms with Crippen LogP contribution in [-0.2, 0) is 6.18 Å². The number of aromatic nitrogens is 2. The molecule has 0 saturated carbocycles. The van der Waals surface area contributed by atoms with Crippen molar-refractivity contribution in [1.29, 1.82) is 0 Å². The van der Waals surface area contributed by atoms with Gasteiger partial charge in [0, 0.05) is 37.4 Å². The number of nitrogens with zero attached hydrogens (tertiary/aromatic N) is 4. The van der Waals surface area contributed by atoms with E-state index in [0.717, 1.165) is 11.8 Å². The normalized spacial score (nSPS) is 14.9. The molecule has 0 amide bonds. The summed E-state index contributed by atoms with van der Waals surface area (Å²) in [7, 11) is 0. The number of rotatable bonds is 3. The van der Waals surface area contributed by atoms with Gasteiger partial charge in [-0.3, -0.25) is 0 Å². The lowest BCUT2D eigenvalue weighted by Crippen LogP contribution is -2.47. The van der Waals surface area contributed by atoms with E-state index in [1.54, 1.807) is 4.90 Å². The van der Waals surface area contributed by atoms with E-state index in [-0.39, 0.29) is 11.6 Å². The van der Waals surface area contributed by atoms with Crippen LogP contribution in [-0.4, -0.2) is 36.1 Å². The second-order valence-electron chi connectivity index (χ2n) is 6.75. The van der Waals surface area contributed by atoms with Gasteiger partial charge in [-0.1, -0.05) is 18.2 Å². The average Bonchev–Trinajstić information content (AvgIpc) is 2.74. The Labute approximate surface area is 165 Å². The number of hydrogen-bond acceptors (Lipinski definition) is 4. The van der Waals surface area contributed by atoms with Crippen molar-refractivity contribution in [2.75, 3.05) is 36.0 Å². The van der Waals surface area contributed by atoms with E-state index in [4.69, 9.17) is 0 Å². The molecule has 4 rings (SSSR count). The molecule has 0 aliphatic carbocycles. The Balaban J connectivity index is 1.61. The highest BCUT2D eigenvalue weighted by atomic mass is 19.4. The molecule has 150 valence electrons. The number of benzene rings is 2. The minimum atomic E-state index is -4.60. The fourth-order valence-electron chi connectivity index (χ4n) is 3.29. The Kier molecular flexibility index (Phi) is 5.08. The molecule has 0 radical (unpaired) electrons. The van der Waals surface area contributed by atoms with Gasteiger partial charge in [-0.25, -0.2) is 14.4 Å². The minimum absolute atomic E-state index is 0.0341. The van der Waals surface area contributed by atoms with Crippen LogP contribution >= 0.6 is 0 Å². The van der Waals surface area contributed by atoms with Crippen LogP contribution in [0.25, 0.3) is 11.3 Å². The summed E-state index contributed by atoms with van der Waals surface area (Å²) in [5, 5.41) is 0. The van der Waals surface area contributed by atoms with Gasteiger partial charge in [-0.2, -0.15) is 13.2 Å². The number of para-hydroxylation sites is 1. The van der Waals surface area contributed by atoms with Crippen molar-refractivity contribution < 1.29 is 17.6 Å². The topological polar surface area (TPSA) is 32.3 Å². The Morgan fingerprint density at radius 3 is 2.00 bits per heavy atom. The molecule has 1 aliphatic rings. The van der Waals surface area contributed by atoms with E-state index in [0.29, 0.717) is 31.7 Å². The monoisotopic (exact) mass is 402 g/mol. The van der Waals surface area contributed by atoms with Crippen molar-refractivity contribution in [3.8, 4) is 11.3 Å². The third-order valence-electron chi connectivity index (χ3n) is 4.83. The molecule has 1 fully saturated rings. The van der Waals surface area contributed by atoms with Crippen molar-refractivity contribution in [1.82, 2.24) is 9.97 Å². The molecule has 29 heavy (non-hydrogen) atoms. The molecule has 1 saturated heterocycles. The smallest absolute Gasteiger partial charge is 0.368 e. The van der Waals surface area contributed by atoms with Gasteiger partial charge in [-0.15, -0.1) is 0 Å². The summed E-state index contributed by atoms with van der Waals surface area (Å²) in [6.07, 6.45) is -4.60. The fourth-order valence-corrected chi connectivity index (χ4v) is 3.29. The van der Waals surface area contributed by atoms with Crippen molar-refractivity contribution in [2.24, 2.45) is 0 Å². The van der Waals surface area contributed by atoms with E-state index in [1.165, 1.54) is 24.3 Å². The summed E-state index contributed by atoms with van der Waals surface area (Å²) < 4.78 is 53.4. The van der Waals surface area contributed by atoms with Gasteiger partial charge in [0.25, 0.3) is 0 Å². The van der Waals surface area contributed by atoms with Gasteiger partial charge in [0.1, 0.15) is 5.82 Å². The van der Waals surface area contributed by atoms with E-state index in [2.05, 4.69) is 14.9 Å². The quantitative estimate of drug-likeness (QED) is 0.598. The van der Waals surface area contributed by atoms with E-state index >= 15 is 0 Å². The summed E-state index contributed by atoms with van der Waals surface area (Å²) in [4.78, 5) is 12.0. The summed E-state index contributed by atoms with van der Waals surface area (Å²) >= 11 is 0. The first kappa shape index (κ1) is 19.2. The highest BCUT2D eigenvalue weighted by molar-refractivity contribution is 5.61. The predicted molar refractivity (Wildman–Crippen MR) is 103 cm³/mol. The second-order valence-corrected chi connectivity index (χ2v) is 6.75. The molecule has 0 N–H and O–H groups in total. The lowest BCUT2D eigenvalue weighted by molar-refractivity contribution is -0.141. The number of halogens is 4. The Hall–Kier alpha value is -3.16. The summed E-state index contributed by atoms with van der Waals surface area (Å²) in [6.45, 7) is 2.29. The van der Waals surface area contributed by atoms with Gasteiger partial charge in [0.15, 0.2) is 5.69 Å². The van der Waals surface area contributed by atoms with E-state index in [1.807, 2.05) is 30.3 Å². The van der Waals surface area contributed by atoms with Crippen molar-refractivity contribution in [2.45, 2.75) is 6.18 Å². The lowest BCUT2D eigenvalue weighted by atomic mass is 10.1. The molecule has 2 aromatic carbocycles. The average molecular weight is 402 g/mol. The first-order chi connectivity index (χ1) is 13.9. The summed E-state index contributed by atoms with van der Waals surface area (Å²) in [5.41, 5.74) is 0.590. The molecule has 3 aromatic rings. The molecule has 1 aromatic heterocycles. The zero-order valence-corrected chi connectivity index (χ0v) is 15.4. The summed E-state index contributed by atoms with van der Waals surface area (Å²) in [5.74, 6) is -0.428. The molecule has 0 spiro atoms. The first-order valence-electron chi connectivity index (χ1n) is 9.17. The molecule has 0 atom stereocenters. The summed E-state index contributed by atoms with van der Waals surface area (Å²) in [6, 6.07) is 16.0. The molecule has 0 unspecified atom stereocenters. The van der Waals surface area contributed by atoms with Crippen LogP contribution in [0.3, 0.4) is 0 Å².